The number of hydrogen-bond donors (Lipinski definition) is 1. The summed E-state index contributed by atoms with van der Waals surface area (Å²) in [7, 11) is 0. The third-order valence-corrected chi connectivity index (χ3v) is 6.30. The van der Waals surface area contributed by atoms with Gasteiger partial charge in [-0.25, -0.2) is 17.6 Å². The molecule has 2 aromatic carbocycles. The summed E-state index contributed by atoms with van der Waals surface area (Å²) in [5.41, 5.74) is 0.468. The van der Waals surface area contributed by atoms with Crippen LogP contribution in [0.15, 0.2) is 36.4 Å². The van der Waals surface area contributed by atoms with Crippen LogP contribution in [-0.2, 0) is 17.6 Å². The zero-order chi connectivity index (χ0) is 23.0. The van der Waals surface area contributed by atoms with Gasteiger partial charge in [-0.05, 0) is 43.3 Å². The molecule has 0 fully saturated rings. The summed E-state index contributed by atoms with van der Waals surface area (Å²) < 4.78 is 60.9. The summed E-state index contributed by atoms with van der Waals surface area (Å²) in [5.74, 6) is -4.44. The highest BCUT2D eigenvalue weighted by molar-refractivity contribution is 7.17. The summed E-state index contributed by atoms with van der Waals surface area (Å²) in [4.78, 5) is 24.9. The van der Waals surface area contributed by atoms with Crippen LogP contribution >= 0.6 is 11.3 Å². The highest BCUT2D eigenvalue weighted by Gasteiger charge is 2.28. The van der Waals surface area contributed by atoms with Gasteiger partial charge in [0.1, 0.15) is 23.5 Å². The SMILES string of the molecule is CC(=O)c1ccc(-c2cc(F)cc3c2O[C@H](CNC(=O)Cc2c(F)ccc(F)c2F)C3)s1. The number of halogens is 4. The van der Waals surface area contributed by atoms with Crippen LogP contribution in [-0.4, -0.2) is 24.3 Å². The van der Waals surface area contributed by atoms with Gasteiger partial charge >= 0.3 is 0 Å². The lowest BCUT2D eigenvalue weighted by Gasteiger charge is -2.13. The van der Waals surface area contributed by atoms with Crippen molar-refractivity contribution in [3.8, 4) is 16.2 Å². The van der Waals surface area contributed by atoms with Crippen LogP contribution < -0.4 is 10.1 Å². The van der Waals surface area contributed by atoms with Crippen molar-refractivity contribution in [1.82, 2.24) is 5.32 Å². The van der Waals surface area contributed by atoms with Gasteiger partial charge in [0.05, 0.1) is 17.8 Å². The normalized spacial score (nSPS) is 14.7. The van der Waals surface area contributed by atoms with Crippen LogP contribution in [0.25, 0.3) is 10.4 Å². The first kappa shape index (κ1) is 22.0. The fraction of sp³-hybridized carbons (Fsp3) is 0.217. The van der Waals surface area contributed by atoms with Crippen LogP contribution in [0.2, 0.25) is 0 Å². The van der Waals surface area contributed by atoms with E-state index >= 15 is 0 Å². The molecule has 0 radical (unpaired) electrons. The van der Waals surface area contributed by atoms with Crippen molar-refractivity contribution >= 4 is 23.0 Å². The molecule has 0 spiro atoms. The first-order valence-corrected chi connectivity index (χ1v) is 10.5. The largest absolute Gasteiger partial charge is 0.487 e. The van der Waals surface area contributed by atoms with Crippen molar-refractivity contribution in [1.29, 1.82) is 0 Å². The Bertz CT molecular complexity index is 1220. The molecule has 1 N–H and O–H groups in total. The van der Waals surface area contributed by atoms with E-state index in [0.717, 1.165) is 6.07 Å². The topological polar surface area (TPSA) is 55.4 Å². The molecule has 1 atom stereocenters. The summed E-state index contributed by atoms with van der Waals surface area (Å²) in [6.07, 6.45) is -0.879. The second-order valence-corrected chi connectivity index (χ2v) is 8.49. The van der Waals surface area contributed by atoms with Crippen LogP contribution in [0.1, 0.15) is 27.7 Å². The van der Waals surface area contributed by atoms with E-state index in [1.807, 2.05) is 0 Å². The van der Waals surface area contributed by atoms with Gasteiger partial charge in [0.25, 0.3) is 0 Å². The molecule has 1 amide bonds. The minimum absolute atomic E-state index is 0.0102. The van der Waals surface area contributed by atoms with E-state index in [1.54, 1.807) is 12.1 Å². The standard InChI is InChI=1S/C23H17F4NO3S/c1-11(29)19-4-5-20(32-19)16-8-13(24)6-12-7-14(31-23(12)16)10-28-21(30)9-15-17(25)2-3-18(26)22(15)27/h2-6,8,14H,7,9-10H2,1H3,(H,28,30)/t14-/m0/s1. The number of hydrogen-bond acceptors (Lipinski definition) is 4. The average Bonchev–Trinajstić information content (AvgIpc) is 3.39. The molecule has 166 valence electrons. The molecule has 1 aliphatic heterocycles. The van der Waals surface area contributed by atoms with Gasteiger partial charge in [-0.3, -0.25) is 9.59 Å². The smallest absolute Gasteiger partial charge is 0.224 e. The van der Waals surface area contributed by atoms with E-state index in [4.69, 9.17) is 4.74 Å². The molecule has 1 aliphatic rings. The number of thiophene rings is 1. The molecular formula is C23H17F4NO3S. The lowest BCUT2D eigenvalue weighted by atomic mass is 10.0. The minimum atomic E-state index is -1.40. The van der Waals surface area contributed by atoms with Gasteiger partial charge in [-0.1, -0.05) is 0 Å². The number of amides is 1. The molecule has 0 saturated heterocycles. The van der Waals surface area contributed by atoms with E-state index < -0.39 is 47.3 Å². The summed E-state index contributed by atoms with van der Waals surface area (Å²) in [6.45, 7) is 1.46. The highest BCUT2D eigenvalue weighted by Crippen LogP contribution is 2.42. The van der Waals surface area contributed by atoms with Gasteiger partial charge in [0.2, 0.25) is 5.91 Å². The predicted molar refractivity (Wildman–Crippen MR) is 111 cm³/mol. The Balaban J connectivity index is 1.45. The number of nitrogens with one attached hydrogen (secondary N) is 1. The Morgan fingerprint density at radius 2 is 1.84 bits per heavy atom. The minimum Gasteiger partial charge on any atom is -0.487 e. The summed E-state index contributed by atoms with van der Waals surface area (Å²) >= 11 is 1.23. The number of fused-ring (bicyclic) bond motifs is 1. The second-order valence-electron chi connectivity index (χ2n) is 7.41. The first-order valence-electron chi connectivity index (χ1n) is 9.72. The molecule has 1 aromatic heterocycles. The van der Waals surface area contributed by atoms with Crippen molar-refractivity contribution in [2.24, 2.45) is 0 Å². The molecule has 3 aromatic rings. The van der Waals surface area contributed by atoms with Gasteiger partial charge < -0.3 is 10.1 Å². The zero-order valence-electron chi connectivity index (χ0n) is 16.8. The maximum atomic E-state index is 14.2. The van der Waals surface area contributed by atoms with Gasteiger partial charge in [0, 0.05) is 28.0 Å². The van der Waals surface area contributed by atoms with Crippen molar-refractivity contribution in [2.75, 3.05) is 6.54 Å². The fourth-order valence-electron chi connectivity index (χ4n) is 3.55. The fourth-order valence-corrected chi connectivity index (χ4v) is 4.46. The van der Waals surface area contributed by atoms with Gasteiger partial charge in [0.15, 0.2) is 17.4 Å². The molecule has 0 aliphatic carbocycles. The quantitative estimate of drug-likeness (QED) is 0.324. The molecule has 2 heterocycles. The molecule has 4 nitrogen and oxygen atoms in total. The molecule has 0 bridgehead atoms. The highest BCUT2D eigenvalue weighted by atomic mass is 32.1. The van der Waals surface area contributed by atoms with E-state index in [9.17, 15) is 27.2 Å². The van der Waals surface area contributed by atoms with Crippen molar-refractivity contribution in [3.05, 3.63) is 75.7 Å². The Labute approximate surface area is 184 Å². The molecule has 0 unspecified atom stereocenters. The number of ether oxygens (including phenoxy) is 1. The van der Waals surface area contributed by atoms with E-state index in [2.05, 4.69) is 5.32 Å². The number of carbonyl (C=O) groups excluding carboxylic acids is 2. The zero-order valence-corrected chi connectivity index (χ0v) is 17.6. The van der Waals surface area contributed by atoms with Gasteiger partial charge in [-0.2, -0.15) is 0 Å². The van der Waals surface area contributed by atoms with E-state index in [1.165, 1.54) is 30.4 Å². The molecule has 4 rings (SSSR count). The Hall–Kier alpha value is -3.20. The van der Waals surface area contributed by atoms with Crippen LogP contribution in [0.3, 0.4) is 0 Å². The van der Waals surface area contributed by atoms with Crippen molar-refractivity contribution in [3.63, 3.8) is 0 Å². The molecule has 9 heteroatoms. The van der Waals surface area contributed by atoms with Crippen LogP contribution in [0.5, 0.6) is 5.75 Å². The third kappa shape index (κ3) is 4.38. The lowest BCUT2D eigenvalue weighted by Crippen LogP contribution is -2.35. The number of carbonyl (C=O) groups is 2. The number of rotatable bonds is 6. The monoisotopic (exact) mass is 463 g/mol. The third-order valence-electron chi connectivity index (χ3n) is 5.08. The Kier molecular flexibility index (Phi) is 6.01. The average molecular weight is 463 g/mol. The summed E-state index contributed by atoms with van der Waals surface area (Å²) in [5, 5.41) is 2.52. The van der Waals surface area contributed by atoms with Gasteiger partial charge in [-0.15, -0.1) is 11.3 Å². The summed E-state index contributed by atoms with van der Waals surface area (Å²) in [6, 6.07) is 7.46. The van der Waals surface area contributed by atoms with E-state index in [0.29, 0.717) is 39.1 Å². The number of benzene rings is 2. The predicted octanol–water partition coefficient (Wildman–Crippen LogP) is 4.84. The molecular weight excluding hydrogens is 446 g/mol. The van der Waals surface area contributed by atoms with E-state index in [-0.39, 0.29) is 12.3 Å². The number of ketones is 1. The number of Topliss-reactive ketones (excluding diaryl/α,β-unsaturated/α-hetero) is 1. The van der Waals surface area contributed by atoms with Crippen molar-refractivity contribution in [2.45, 2.75) is 25.9 Å². The Morgan fingerprint density at radius 1 is 1.09 bits per heavy atom. The maximum Gasteiger partial charge on any atom is 0.224 e. The van der Waals surface area contributed by atoms with Crippen LogP contribution in [0, 0.1) is 23.3 Å². The molecule has 0 saturated carbocycles. The molecule has 32 heavy (non-hydrogen) atoms. The Morgan fingerprint density at radius 3 is 2.56 bits per heavy atom. The maximum absolute atomic E-state index is 14.2. The lowest BCUT2D eigenvalue weighted by molar-refractivity contribution is -0.120. The van der Waals surface area contributed by atoms with Crippen LogP contribution in [0.4, 0.5) is 17.6 Å². The second kappa shape index (κ2) is 8.74. The van der Waals surface area contributed by atoms with Crippen molar-refractivity contribution < 1.29 is 31.9 Å². The first-order chi connectivity index (χ1) is 15.2.